The molecule has 1 amide bonds. The highest BCUT2D eigenvalue weighted by Gasteiger charge is 2.34. The minimum atomic E-state index is -0.176. The number of nitrogens with zero attached hydrogens (tertiary/aromatic N) is 1. The van der Waals surface area contributed by atoms with Crippen molar-refractivity contribution in [3.8, 4) is 0 Å². The van der Waals surface area contributed by atoms with Gasteiger partial charge in [0.05, 0.1) is 12.9 Å². The predicted molar refractivity (Wildman–Crippen MR) is 66.9 cm³/mol. The first-order valence-corrected chi connectivity index (χ1v) is 6.31. The van der Waals surface area contributed by atoms with Gasteiger partial charge in [-0.3, -0.25) is 4.79 Å². The van der Waals surface area contributed by atoms with E-state index in [-0.39, 0.29) is 18.0 Å². The van der Waals surface area contributed by atoms with E-state index in [0.717, 1.165) is 18.6 Å². The SMILES string of the molecule is COCCN1C(=O)CCCC(N)C1c1ccco1. The molecule has 1 fully saturated rings. The molecule has 2 unspecified atom stereocenters. The summed E-state index contributed by atoms with van der Waals surface area (Å²) in [7, 11) is 1.63. The van der Waals surface area contributed by atoms with Gasteiger partial charge in [-0.15, -0.1) is 0 Å². The molecule has 0 saturated carbocycles. The molecule has 1 saturated heterocycles. The van der Waals surface area contributed by atoms with Crippen LogP contribution < -0.4 is 5.73 Å². The maximum absolute atomic E-state index is 12.1. The zero-order valence-electron chi connectivity index (χ0n) is 10.7. The highest BCUT2D eigenvalue weighted by Crippen LogP contribution is 2.30. The lowest BCUT2D eigenvalue weighted by Crippen LogP contribution is -2.43. The number of rotatable bonds is 4. The summed E-state index contributed by atoms with van der Waals surface area (Å²) in [4.78, 5) is 13.9. The van der Waals surface area contributed by atoms with Crippen LogP contribution in [0, 0.1) is 0 Å². The zero-order valence-corrected chi connectivity index (χ0v) is 10.7. The standard InChI is InChI=1S/C13H20N2O3/c1-17-9-7-15-12(16)6-2-4-10(14)13(15)11-5-3-8-18-11/h3,5,8,10,13H,2,4,6-7,9,14H2,1H3. The van der Waals surface area contributed by atoms with E-state index < -0.39 is 0 Å². The van der Waals surface area contributed by atoms with Crippen LogP contribution in [0.5, 0.6) is 0 Å². The highest BCUT2D eigenvalue weighted by molar-refractivity contribution is 5.77. The Kier molecular flexibility index (Phi) is 4.38. The number of nitrogens with two attached hydrogens (primary N) is 1. The summed E-state index contributed by atoms with van der Waals surface area (Å²) in [5, 5.41) is 0. The average molecular weight is 252 g/mol. The largest absolute Gasteiger partial charge is 0.467 e. The van der Waals surface area contributed by atoms with Crippen molar-refractivity contribution in [2.45, 2.75) is 31.3 Å². The summed E-state index contributed by atoms with van der Waals surface area (Å²) in [5.41, 5.74) is 6.20. The van der Waals surface area contributed by atoms with Crippen LogP contribution in [0.15, 0.2) is 22.8 Å². The summed E-state index contributed by atoms with van der Waals surface area (Å²) in [6, 6.07) is 3.44. The molecule has 1 aliphatic heterocycles. The predicted octanol–water partition coefficient (Wildman–Crippen LogP) is 1.31. The lowest BCUT2D eigenvalue weighted by molar-refractivity contribution is -0.134. The Bertz CT molecular complexity index is 378. The minimum Gasteiger partial charge on any atom is -0.467 e. The van der Waals surface area contributed by atoms with Crippen molar-refractivity contribution in [1.29, 1.82) is 0 Å². The van der Waals surface area contributed by atoms with E-state index in [4.69, 9.17) is 14.9 Å². The lowest BCUT2D eigenvalue weighted by Gasteiger charge is -2.31. The fourth-order valence-corrected chi connectivity index (χ4v) is 2.45. The summed E-state index contributed by atoms with van der Waals surface area (Å²) in [6.07, 6.45) is 3.84. The number of likely N-dealkylation sites (tertiary alicyclic amines) is 1. The molecule has 100 valence electrons. The smallest absolute Gasteiger partial charge is 0.223 e. The Labute approximate surface area is 107 Å². The van der Waals surface area contributed by atoms with E-state index in [9.17, 15) is 4.79 Å². The maximum Gasteiger partial charge on any atom is 0.223 e. The van der Waals surface area contributed by atoms with Gasteiger partial charge in [-0.1, -0.05) is 0 Å². The van der Waals surface area contributed by atoms with Crippen molar-refractivity contribution >= 4 is 5.91 Å². The van der Waals surface area contributed by atoms with Gasteiger partial charge >= 0.3 is 0 Å². The number of amides is 1. The second-order valence-electron chi connectivity index (χ2n) is 4.60. The van der Waals surface area contributed by atoms with Crippen LogP contribution in [0.2, 0.25) is 0 Å². The number of ether oxygens (including phenoxy) is 1. The molecule has 0 bridgehead atoms. The third-order valence-electron chi connectivity index (χ3n) is 3.36. The first kappa shape index (κ1) is 13.1. The van der Waals surface area contributed by atoms with E-state index in [1.54, 1.807) is 18.3 Å². The van der Waals surface area contributed by atoms with Crippen LogP contribution in [-0.2, 0) is 9.53 Å². The Morgan fingerprint density at radius 2 is 2.44 bits per heavy atom. The molecule has 5 heteroatoms. The average Bonchev–Trinajstić information content (AvgIpc) is 2.82. The topological polar surface area (TPSA) is 68.7 Å². The molecule has 1 aromatic rings. The maximum atomic E-state index is 12.1. The molecule has 18 heavy (non-hydrogen) atoms. The first-order chi connectivity index (χ1) is 8.74. The van der Waals surface area contributed by atoms with Gasteiger partial charge in [-0.05, 0) is 25.0 Å². The molecule has 0 radical (unpaired) electrons. The minimum absolute atomic E-state index is 0.0838. The number of carbonyl (C=O) groups is 1. The Hall–Kier alpha value is -1.33. The number of methoxy groups -OCH3 is 1. The molecule has 5 nitrogen and oxygen atoms in total. The van der Waals surface area contributed by atoms with E-state index in [2.05, 4.69) is 0 Å². The molecule has 1 aliphatic rings. The van der Waals surface area contributed by atoms with Crippen LogP contribution in [0.1, 0.15) is 31.1 Å². The Morgan fingerprint density at radius 3 is 3.11 bits per heavy atom. The fourth-order valence-electron chi connectivity index (χ4n) is 2.45. The highest BCUT2D eigenvalue weighted by atomic mass is 16.5. The number of hydrogen-bond donors (Lipinski definition) is 1. The zero-order chi connectivity index (χ0) is 13.0. The van der Waals surface area contributed by atoms with Crippen LogP contribution in [0.4, 0.5) is 0 Å². The Balaban J connectivity index is 2.24. The second-order valence-corrected chi connectivity index (χ2v) is 4.60. The molecular formula is C13H20N2O3. The lowest BCUT2D eigenvalue weighted by atomic mass is 10.0. The molecule has 0 aliphatic carbocycles. The third-order valence-corrected chi connectivity index (χ3v) is 3.36. The Morgan fingerprint density at radius 1 is 1.61 bits per heavy atom. The summed E-state index contributed by atoms with van der Waals surface area (Å²) >= 11 is 0. The van der Waals surface area contributed by atoms with Gasteiger partial charge in [-0.2, -0.15) is 0 Å². The van der Waals surface area contributed by atoms with Crippen LogP contribution in [0.3, 0.4) is 0 Å². The van der Waals surface area contributed by atoms with Crippen LogP contribution >= 0.6 is 0 Å². The van der Waals surface area contributed by atoms with Crippen LogP contribution in [-0.4, -0.2) is 37.1 Å². The quantitative estimate of drug-likeness (QED) is 0.877. The van der Waals surface area contributed by atoms with Gasteiger partial charge in [0.25, 0.3) is 0 Å². The molecular weight excluding hydrogens is 232 g/mol. The molecule has 2 atom stereocenters. The third kappa shape index (κ3) is 2.73. The van der Waals surface area contributed by atoms with Crippen LogP contribution in [0.25, 0.3) is 0 Å². The molecule has 1 aromatic heterocycles. The van der Waals surface area contributed by atoms with E-state index in [1.807, 2.05) is 12.1 Å². The number of carbonyl (C=O) groups excluding carboxylic acids is 1. The van der Waals surface area contributed by atoms with Crippen molar-refractivity contribution in [3.63, 3.8) is 0 Å². The van der Waals surface area contributed by atoms with E-state index in [1.165, 1.54) is 0 Å². The van der Waals surface area contributed by atoms with Gasteiger partial charge in [0, 0.05) is 26.1 Å². The van der Waals surface area contributed by atoms with Crippen molar-refractivity contribution in [2.75, 3.05) is 20.3 Å². The summed E-state index contributed by atoms with van der Waals surface area (Å²) < 4.78 is 10.5. The van der Waals surface area contributed by atoms with Crippen molar-refractivity contribution in [1.82, 2.24) is 4.90 Å². The second kappa shape index (κ2) is 6.02. The normalized spacial score (nSPS) is 25.2. The fraction of sp³-hybridized carbons (Fsp3) is 0.615. The molecule has 2 N–H and O–H groups in total. The molecule has 2 heterocycles. The first-order valence-electron chi connectivity index (χ1n) is 6.31. The molecule has 0 aromatic carbocycles. The van der Waals surface area contributed by atoms with Gasteiger partial charge in [0.15, 0.2) is 0 Å². The van der Waals surface area contributed by atoms with Gasteiger partial charge in [-0.25, -0.2) is 0 Å². The van der Waals surface area contributed by atoms with E-state index in [0.29, 0.717) is 19.6 Å². The molecule has 0 spiro atoms. The van der Waals surface area contributed by atoms with E-state index >= 15 is 0 Å². The molecule has 2 rings (SSSR count). The van der Waals surface area contributed by atoms with Crippen molar-refractivity contribution in [3.05, 3.63) is 24.2 Å². The van der Waals surface area contributed by atoms with Gasteiger partial charge in [0.2, 0.25) is 5.91 Å². The summed E-state index contributed by atoms with van der Waals surface area (Å²) in [6.45, 7) is 1.06. The monoisotopic (exact) mass is 252 g/mol. The summed E-state index contributed by atoms with van der Waals surface area (Å²) in [5.74, 6) is 0.884. The van der Waals surface area contributed by atoms with Crippen molar-refractivity contribution < 1.29 is 13.9 Å². The van der Waals surface area contributed by atoms with Gasteiger partial charge < -0.3 is 19.8 Å². The van der Waals surface area contributed by atoms with Crippen molar-refractivity contribution in [2.24, 2.45) is 5.73 Å². The number of furan rings is 1. The van der Waals surface area contributed by atoms with Gasteiger partial charge in [0.1, 0.15) is 11.8 Å². The number of hydrogen-bond acceptors (Lipinski definition) is 4.